The smallest absolute Gasteiger partial charge is 0.350 e. The molecule has 0 radical (unpaired) electrons. The number of fused-ring (bicyclic) bond motifs is 1. The minimum absolute atomic E-state index is 0.377. The molecule has 4 heteroatoms. The molecule has 4 nitrogen and oxygen atoms in total. The van der Waals surface area contributed by atoms with Crippen molar-refractivity contribution in [1.29, 1.82) is 0 Å². The number of hydrogen-bond donors (Lipinski definition) is 1. The van der Waals surface area contributed by atoms with Gasteiger partial charge in [0.15, 0.2) is 0 Å². The molecule has 1 aliphatic rings. The van der Waals surface area contributed by atoms with Crippen molar-refractivity contribution < 1.29 is 14.3 Å². The summed E-state index contributed by atoms with van der Waals surface area (Å²) in [4.78, 5) is 11.5. The predicted molar refractivity (Wildman–Crippen MR) is 55.6 cm³/mol. The minimum Gasteiger partial charge on any atom is -0.475 e. The van der Waals surface area contributed by atoms with Crippen molar-refractivity contribution in [3.63, 3.8) is 0 Å². The monoisotopic (exact) mass is 207 g/mol. The molecule has 0 amide bonds. The average molecular weight is 207 g/mol. The number of anilines is 1. The molecule has 0 bridgehead atoms. The molecule has 0 saturated heterocycles. The van der Waals surface area contributed by atoms with E-state index in [-0.39, 0.29) is 5.97 Å². The Bertz CT molecular complexity index is 416. The molecule has 0 saturated carbocycles. The van der Waals surface area contributed by atoms with Gasteiger partial charge in [-0.2, -0.15) is 0 Å². The molecule has 1 aromatic rings. The normalized spacial score (nSPS) is 23.1. The molecule has 0 fully saturated rings. The van der Waals surface area contributed by atoms with E-state index in [0.29, 0.717) is 17.9 Å². The Morgan fingerprint density at radius 2 is 2.33 bits per heavy atom. The third kappa shape index (κ3) is 1.42. The molecule has 15 heavy (non-hydrogen) atoms. The summed E-state index contributed by atoms with van der Waals surface area (Å²) in [5, 5.41) is 0. The molecule has 1 aromatic carbocycles. The van der Waals surface area contributed by atoms with Gasteiger partial charge in [-0.3, -0.25) is 0 Å². The molecular weight excluding hydrogens is 194 g/mol. The molecule has 0 aromatic heterocycles. The second-order valence-corrected chi connectivity index (χ2v) is 3.83. The van der Waals surface area contributed by atoms with Crippen molar-refractivity contribution >= 4 is 11.7 Å². The summed E-state index contributed by atoms with van der Waals surface area (Å²) in [6.45, 7) is 1.71. The first-order valence-electron chi connectivity index (χ1n) is 4.71. The zero-order valence-corrected chi connectivity index (χ0v) is 8.74. The Hall–Kier alpha value is -1.71. The van der Waals surface area contributed by atoms with Crippen LogP contribution in [0.25, 0.3) is 0 Å². The van der Waals surface area contributed by atoms with Crippen LogP contribution in [-0.2, 0) is 16.0 Å². The van der Waals surface area contributed by atoms with Crippen molar-refractivity contribution in [2.75, 3.05) is 12.8 Å². The Morgan fingerprint density at radius 1 is 1.60 bits per heavy atom. The number of carbonyl (C=O) groups is 1. The standard InChI is InChI=1S/C11H13NO3/c1-11(10(13)14-2)6-7-8(12)4-3-5-9(7)15-11/h3-5H,6,12H2,1-2H3. The highest BCUT2D eigenvalue weighted by Gasteiger charge is 2.43. The van der Waals surface area contributed by atoms with Gasteiger partial charge in [-0.1, -0.05) is 6.07 Å². The van der Waals surface area contributed by atoms with Gasteiger partial charge in [-0.25, -0.2) is 4.79 Å². The van der Waals surface area contributed by atoms with E-state index in [4.69, 9.17) is 15.2 Å². The molecular formula is C11H13NO3. The molecule has 1 heterocycles. The third-order valence-corrected chi connectivity index (χ3v) is 2.64. The van der Waals surface area contributed by atoms with Crippen LogP contribution in [0.5, 0.6) is 5.75 Å². The van der Waals surface area contributed by atoms with Crippen molar-refractivity contribution in [1.82, 2.24) is 0 Å². The van der Waals surface area contributed by atoms with Gasteiger partial charge < -0.3 is 15.2 Å². The van der Waals surface area contributed by atoms with Crippen molar-refractivity contribution in [3.8, 4) is 5.75 Å². The fourth-order valence-corrected chi connectivity index (χ4v) is 1.81. The van der Waals surface area contributed by atoms with Crippen LogP contribution in [0, 0.1) is 0 Å². The van der Waals surface area contributed by atoms with E-state index < -0.39 is 5.60 Å². The van der Waals surface area contributed by atoms with Gasteiger partial charge in [0.2, 0.25) is 5.60 Å². The zero-order valence-electron chi connectivity index (χ0n) is 8.74. The molecule has 1 aliphatic heterocycles. The third-order valence-electron chi connectivity index (χ3n) is 2.64. The first kappa shape index (κ1) is 9.83. The van der Waals surface area contributed by atoms with Crippen LogP contribution >= 0.6 is 0 Å². The summed E-state index contributed by atoms with van der Waals surface area (Å²) < 4.78 is 10.3. The molecule has 1 unspecified atom stereocenters. The number of nitrogens with two attached hydrogens (primary N) is 1. The average Bonchev–Trinajstić information content (AvgIpc) is 2.57. The maximum absolute atomic E-state index is 11.5. The molecule has 0 spiro atoms. The summed E-state index contributed by atoms with van der Waals surface area (Å²) in [6, 6.07) is 5.41. The lowest BCUT2D eigenvalue weighted by Crippen LogP contribution is -2.41. The lowest BCUT2D eigenvalue weighted by molar-refractivity contribution is -0.156. The summed E-state index contributed by atoms with van der Waals surface area (Å²) in [5.74, 6) is 0.293. The van der Waals surface area contributed by atoms with E-state index >= 15 is 0 Å². The van der Waals surface area contributed by atoms with Gasteiger partial charge in [0.25, 0.3) is 0 Å². The highest BCUT2D eigenvalue weighted by molar-refractivity contribution is 5.82. The van der Waals surface area contributed by atoms with Gasteiger partial charge >= 0.3 is 5.97 Å². The van der Waals surface area contributed by atoms with Crippen LogP contribution in [0.2, 0.25) is 0 Å². The summed E-state index contributed by atoms with van der Waals surface area (Å²) in [5.41, 5.74) is 6.40. The number of esters is 1. The first-order chi connectivity index (χ1) is 7.07. The van der Waals surface area contributed by atoms with Crippen molar-refractivity contribution in [2.45, 2.75) is 18.9 Å². The predicted octanol–water partition coefficient (Wildman–Crippen LogP) is 1.14. The maximum Gasteiger partial charge on any atom is 0.350 e. The number of nitrogen functional groups attached to an aromatic ring is 1. The molecule has 1 atom stereocenters. The zero-order chi connectivity index (χ0) is 11.1. The van der Waals surface area contributed by atoms with Crippen LogP contribution in [0.3, 0.4) is 0 Å². The van der Waals surface area contributed by atoms with Crippen LogP contribution in [-0.4, -0.2) is 18.7 Å². The van der Waals surface area contributed by atoms with Crippen LogP contribution in [0.15, 0.2) is 18.2 Å². The maximum atomic E-state index is 11.5. The molecule has 2 rings (SSSR count). The van der Waals surface area contributed by atoms with Gasteiger partial charge in [0, 0.05) is 17.7 Å². The number of carbonyl (C=O) groups excluding carboxylic acids is 1. The second-order valence-electron chi connectivity index (χ2n) is 3.83. The van der Waals surface area contributed by atoms with Crippen LogP contribution in [0.1, 0.15) is 12.5 Å². The molecule has 0 aliphatic carbocycles. The first-order valence-corrected chi connectivity index (χ1v) is 4.71. The summed E-state index contributed by atoms with van der Waals surface area (Å²) in [7, 11) is 1.35. The molecule has 80 valence electrons. The fourth-order valence-electron chi connectivity index (χ4n) is 1.81. The number of ether oxygens (including phenoxy) is 2. The molecule has 2 N–H and O–H groups in total. The Labute approximate surface area is 88.0 Å². The van der Waals surface area contributed by atoms with E-state index in [1.165, 1.54) is 7.11 Å². The van der Waals surface area contributed by atoms with E-state index in [0.717, 1.165) is 5.56 Å². The van der Waals surface area contributed by atoms with Crippen molar-refractivity contribution in [3.05, 3.63) is 23.8 Å². The van der Waals surface area contributed by atoms with Crippen molar-refractivity contribution in [2.24, 2.45) is 0 Å². The van der Waals surface area contributed by atoms with Gasteiger partial charge in [0.1, 0.15) is 5.75 Å². The van der Waals surface area contributed by atoms with E-state index in [1.54, 1.807) is 25.1 Å². The summed E-state index contributed by atoms with van der Waals surface area (Å²) >= 11 is 0. The number of benzene rings is 1. The number of rotatable bonds is 1. The van der Waals surface area contributed by atoms with E-state index in [2.05, 4.69) is 0 Å². The second kappa shape index (κ2) is 3.15. The minimum atomic E-state index is -0.938. The summed E-state index contributed by atoms with van der Waals surface area (Å²) in [6.07, 6.45) is 0.460. The highest BCUT2D eigenvalue weighted by Crippen LogP contribution is 2.38. The highest BCUT2D eigenvalue weighted by atomic mass is 16.6. The topological polar surface area (TPSA) is 61.5 Å². The van der Waals surface area contributed by atoms with E-state index in [9.17, 15) is 4.79 Å². The quantitative estimate of drug-likeness (QED) is 0.554. The largest absolute Gasteiger partial charge is 0.475 e. The van der Waals surface area contributed by atoms with Gasteiger partial charge in [-0.05, 0) is 19.1 Å². The Kier molecular flexibility index (Phi) is 2.07. The van der Waals surface area contributed by atoms with Gasteiger partial charge in [-0.15, -0.1) is 0 Å². The fraction of sp³-hybridized carbons (Fsp3) is 0.364. The Morgan fingerprint density at radius 3 is 2.93 bits per heavy atom. The Balaban J connectivity index is 2.37. The van der Waals surface area contributed by atoms with E-state index in [1.807, 2.05) is 0 Å². The lowest BCUT2D eigenvalue weighted by Gasteiger charge is -2.20. The SMILES string of the molecule is COC(=O)C1(C)Cc2c(N)cccc2O1. The van der Waals surface area contributed by atoms with Crippen LogP contribution in [0.4, 0.5) is 5.69 Å². The lowest BCUT2D eigenvalue weighted by atomic mass is 9.98. The van der Waals surface area contributed by atoms with Crippen LogP contribution < -0.4 is 10.5 Å². The number of hydrogen-bond acceptors (Lipinski definition) is 4. The number of methoxy groups -OCH3 is 1. The van der Waals surface area contributed by atoms with Gasteiger partial charge in [0.05, 0.1) is 7.11 Å².